The van der Waals surface area contributed by atoms with Gasteiger partial charge in [-0.25, -0.2) is 4.79 Å². The summed E-state index contributed by atoms with van der Waals surface area (Å²) in [6.45, 7) is 7.26. The summed E-state index contributed by atoms with van der Waals surface area (Å²) in [6.07, 6.45) is 3.91. The van der Waals surface area contributed by atoms with Gasteiger partial charge in [0.05, 0.1) is 6.54 Å². The number of piperidine rings is 1. The maximum Gasteiger partial charge on any atom is 0.326 e. The summed E-state index contributed by atoms with van der Waals surface area (Å²) in [5.74, 6) is -0.883. The van der Waals surface area contributed by atoms with Gasteiger partial charge in [0.25, 0.3) is 0 Å². The number of aliphatic carboxylic acids is 1. The Morgan fingerprint density at radius 1 is 1.37 bits per heavy atom. The molecule has 1 amide bonds. The minimum atomic E-state index is -0.950. The Balaban J connectivity index is 2.45. The highest BCUT2D eigenvalue weighted by Gasteiger charge is 2.24. The van der Waals surface area contributed by atoms with Gasteiger partial charge in [-0.3, -0.25) is 9.69 Å². The lowest BCUT2D eigenvalue weighted by Crippen LogP contribution is -2.49. The van der Waals surface area contributed by atoms with E-state index in [1.54, 1.807) is 0 Å². The van der Waals surface area contributed by atoms with Crippen molar-refractivity contribution in [3.8, 4) is 0 Å². The van der Waals surface area contributed by atoms with Crippen molar-refractivity contribution < 1.29 is 14.7 Å². The monoisotopic (exact) mass is 270 g/mol. The van der Waals surface area contributed by atoms with Crippen molar-refractivity contribution >= 4 is 11.9 Å². The minimum absolute atomic E-state index is 0.179. The SMILES string of the molecule is CC(C)CC(NC(=O)CN1CCCCC1C)C(=O)O. The molecule has 1 heterocycles. The van der Waals surface area contributed by atoms with Crippen LogP contribution in [0.15, 0.2) is 0 Å². The average Bonchev–Trinajstić information content (AvgIpc) is 2.30. The van der Waals surface area contributed by atoms with Crippen molar-refractivity contribution in [3.05, 3.63) is 0 Å². The summed E-state index contributed by atoms with van der Waals surface area (Å²) in [6, 6.07) is -0.361. The number of likely N-dealkylation sites (tertiary alicyclic amines) is 1. The van der Waals surface area contributed by atoms with Crippen molar-refractivity contribution in [2.45, 2.75) is 58.5 Å². The fourth-order valence-corrected chi connectivity index (χ4v) is 2.51. The molecule has 2 unspecified atom stereocenters. The van der Waals surface area contributed by atoms with Crippen LogP contribution in [0, 0.1) is 5.92 Å². The van der Waals surface area contributed by atoms with Crippen LogP contribution in [0.4, 0.5) is 0 Å². The van der Waals surface area contributed by atoms with E-state index >= 15 is 0 Å². The predicted molar refractivity (Wildman–Crippen MR) is 73.9 cm³/mol. The summed E-state index contributed by atoms with van der Waals surface area (Å²) >= 11 is 0. The molecule has 0 aromatic carbocycles. The van der Waals surface area contributed by atoms with E-state index in [1.165, 1.54) is 6.42 Å². The van der Waals surface area contributed by atoms with Gasteiger partial charge in [-0.2, -0.15) is 0 Å². The number of nitrogens with zero attached hydrogens (tertiary/aromatic N) is 1. The Morgan fingerprint density at radius 3 is 2.58 bits per heavy atom. The summed E-state index contributed by atoms with van der Waals surface area (Å²) < 4.78 is 0. The molecule has 1 aliphatic rings. The van der Waals surface area contributed by atoms with Crippen molar-refractivity contribution in [2.24, 2.45) is 5.92 Å². The second kappa shape index (κ2) is 7.48. The Hall–Kier alpha value is -1.10. The molecular formula is C14H26N2O3. The standard InChI is InChI=1S/C14H26N2O3/c1-10(2)8-12(14(18)19)15-13(17)9-16-7-5-4-6-11(16)3/h10-12H,4-9H2,1-3H3,(H,15,17)(H,18,19). The Morgan fingerprint density at radius 2 is 2.05 bits per heavy atom. The summed E-state index contributed by atoms with van der Waals surface area (Å²) in [5.41, 5.74) is 0. The Labute approximate surface area is 115 Å². The molecule has 0 saturated carbocycles. The van der Waals surface area contributed by atoms with Gasteiger partial charge in [0.1, 0.15) is 6.04 Å². The van der Waals surface area contributed by atoms with Crippen LogP contribution in [0.5, 0.6) is 0 Å². The molecule has 0 aromatic rings. The lowest BCUT2D eigenvalue weighted by Gasteiger charge is -2.33. The number of carboxylic acid groups (broad SMARTS) is 1. The van der Waals surface area contributed by atoms with E-state index in [2.05, 4.69) is 17.1 Å². The van der Waals surface area contributed by atoms with Crippen LogP contribution in [0.1, 0.15) is 46.5 Å². The van der Waals surface area contributed by atoms with Crippen molar-refractivity contribution in [3.63, 3.8) is 0 Å². The average molecular weight is 270 g/mol. The zero-order valence-corrected chi connectivity index (χ0v) is 12.2. The molecule has 19 heavy (non-hydrogen) atoms. The number of carbonyl (C=O) groups excluding carboxylic acids is 1. The number of hydrogen-bond acceptors (Lipinski definition) is 3. The van der Waals surface area contributed by atoms with Crippen LogP contribution in [0.25, 0.3) is 0 Å². The van der Waals surface area contributed by atoms with Gasteiger partial charge in [0, 0.05) is 6.04 Å². The van der Waals surface area contributed by atoms with Gasteiger partial charge in [-0.1, -0.05) is 20.3 Å². The van der Waals surface area contributed by atoms with Gasteiger partial charge in [0.2, 0.25) is 5.91 Å². The molecule has 0 spiro atoms. The van der Waals surface area contributed by atoms with E-state index in [0.717, 1.165) is 19.4 Å². The van der Waals surface area contributed by atoms with Crippen LogP contribution in [0.2, 0.25) is 0 Å². The third-order valence-corrected chi connectivity index (χ3v) is 3.63. The molecule has 110 valence electrons. The largest absolute Gasteiger partial charge is 0.480 e. The van der Waals surface area contributed by atoms with E-state index in [0.29, 0.717) is 19.0 Å². The molecule has 0 bridgehead atoms. The van der Waals surface area contributed by atoms with Gasteiger partial charge < -0.3 is 10.4 Å². The quantitative estimate of drug-likeness (QED) is 0.767. The fraction of sp³-hybridized carbons (Fsp3) is 0.857. The highest BCUT2D eigenvalue weighted by molar-refractivity contribution is 5.84. The van der Waals surface area contributed by atoms with E-state index in [1.807, 2.05) is 13.8 Å². The molecule has 5 heteroatoms. The van der Waals surface area contributed by atoms with E-state index < -0.39 is 12.0 Å². The van der Waals surface area contributed by atoms with Gasteiger partial charge in [0.15, 0.2) is 0 Å². The topological polar surface area (TPSA) is 69.6 Å². The predicted octanol–water partition coefficient (Wildman–Crippen LogP) is 1.48. The first-order chi connectivity index (χ1) is 8.90. The number of hydrogen-bond donors (Lipinski definition) is 2. The van der Waals surface area contributed by atoms with Gasteiger partial charge >= 0.3 is 5.97 Å². The van der Waals surface area contributed by atoms with Crippen LogP contribution in [-0.2, 0) is 9.59 Å². The van der Waals surface area contributed by atoms with E-state index in [9.17, 15) is 9.59 Å². The first-order valence-corrected chi connectivity index (χ1v) is 7.16. The molecule has 2 atom stereocenters. The van der Waals surface area contributed by atoms with Gasteiger partial charge in [-0.15, -0.1) is 0 Å². The molecule has 1 saturated heterocycles. The summed E-state index contributed by atoms with van der Waals surface area (Å²) in [7, 11) is 0. The van der Waals surface area contributed by atoms with Crippen LogP contribution in [0.3, 0.4) is 0 Å². The second-order valence-electron chi connectivity index (χ2n) is 5.90. The molecule has 1 aliphatic heterocycles. The number of rotatable bonds is 6. The minimum Gasteiger partial charge on any atom is -0.480 e. The number of nitrogens with one attached hydrogen (secondary N) is 1. The maximum absolute atomic E-state index is 11.9. The fourth-order valence-electron chi connectivity index (χ4n) is 2.51. The zero-order chi connectivity index (χ0) is 14.4. The highest BCUT2D eigenvalue weighted by atomic mass is 16.4. The highest BCUT2D eigenvalue weighted by Crippen LogP contribution is 2.15. The van der Waals surface area contributed by atoms with E-state index in [4.69, 9.17) is 5.11 Å². The lowest BCUT2D eigenvalue weighted by atomic mass is 10.0. The smallest absolute Gasteiger partial charge is 0.326 e. The number of carbonyl (C=O) groups is 2. The molecule has 5 nitrogen and oxygen atoms in total. The van der Waals surface area contributed by atoms with Crippen LogP contribution < -0.4 is 5.32 Å². The first kappa shape index (κ1) is 16.0. The van der Waals surface area contributed by atoms with Crippen molar-refractivity contribution in [2.75, 3.05) is 13.1 Å². The lowest BCUT2D eigenvalue weighted by molar-refractivity contribution is -0.142. The van der Waals surface area contributed by atoms with Gasteiger partial charge in [-0.05, 0) is 38.6 Å². The zero-order valence-electron chi connectivity index (χ0n) is 12.2. The first-order valence-electron chi connectivity index (χ1n) is 7.16. The molecule has 0 radical (unpaired) electrons. The number of amides is 1. The molecule has 2 N–H and O–H groups in total. The van der Waals surface area contributed by atoms with Crippen molar-refractivity contribution in [1.82, 2.24) is 10.2 Å². The second-order valence-corrected chi connectivity index (χ2v) is 5.90. The van der Waals surface area contributed by atoms with Crippen LogP contribution >= 0.6 is 0 Å². The number of carboxylic acids is 1. The van der Waals surface area contributed by atoms with E-state index in [-0.39, 0.29) is 11.8 Å². The molecule has 0 aliphatic carbocycles. The molecule has 1 rings (SSSR count). The van der Waals surface area contributed by atoms with Crippen LogP contribution in [-0.4, -0.2) is 47.1 Å². The molecule has 1 fully saturated rings. The molecular weight excluding hydrogens is 244 g/mol. The maximum atomic E-state index is 11.9. The summed E-state index contributed by atoms with van der Waals surface area (Å²) in [4.78, 5) is 25.2. The molecule has 0 aromatic heterocycles. The van der Waals surface area contributed by atoms with Crippen molar-refractivity contribution in [1.29, 1.82) is 0 Å². The normalized spacial score (nSPS) is 22.2. The third kappa shape index (κ3) is 5.59. The summed E-state index contributed by atoms with van der Waals surface area (Å²) in [5, 5.41) is 11.7. The third-order valence-electron chi connectivity index (χ3n) is 3.63. The Kier molecular flexibility index (Phi) is 6.28. The Bertz CT molecular complexity index is 318.